The van der Waals surface area contributed by atoms with Gasteiger partial charge in [-0.1, -0.05) is 26.0 Å². The number of halogens is 1. The first-order valence-corrected chi connectivity index (χ1v) is 12.9. The summed E-state index contributed by atoms with van der Waals surface area (Å²) >= 11 is 0. The number of hydrogen-bond acceptors (Lipinski definition) is 5. The van der Waals surface area contributed by atoms with Gasteiger partial charge in [-0.25, -0.2) is 19.2 Å². The third kappa shape index (κ3) is 4.47. The van der Waals surface area contributed by atoms with Crippen molar-refractivity contribution in [3.8, 4) is 17.3 Å². The van der Waals surface area contributed by atoms with Crippen LogP contribution in [0.4, 0.5) is 4.39 Å². The monoisotopic (exact) mass is 505 g/mol. The number of fused-ring (bicyclic) bond motifs is 1. The van der Waals surface area contributed by atoms with Gasteiger partial charge in [0.15, 0.2) is 11.2 Å². The molecule has 0 radical (unpaired) electrons. The zero-order valence-electron chi connectivity index (χ0n) is 21.7. The smallest absolute Gasteiger partial charge is 0.332 e. The second-order valence-corrected chi connectivity index (χ2v) is 9.80. The van der Waals surface area contributed by atoms with Crippen LogP contribution in [0, 0.1) is 18.7 Å². The van der Waals surface area contributed by atoms with Gasteiger partial charge in [0.05, 0.1) is 5.69 Å². The number of imidazole rings is 1. The van der Waals surface area contributed by atoms with Crippen LogP contribution in [0.1, 0.15) is 51.3 Å². The summed E-state index contributed by atoms with van der Waals surface area (Å²) in [5.74, 6) is 1.27. The Morgan fingerprint density at radius 1 is 1.00 bits per heavy atom. The standard InChI is InChI=1S/C28H32FN5O3/c1-5-15-33-27(35)24-26(32(6-2)28(33)36)31-25(34(24)16-19-8-10-20(29)11-9-19)21-12-14-23(30-18(21)4)37-22-13-7-17(22)3/h8-12,14,17,22H,5-7,13,15-16H2,1-4H3. The van der Waals surface area contributed by atoms with Crippen LogP contribution in [0.25, 0.3) is 22.6 Å². The predicted octanol–water partition coefficient (Wildman–Crippen LogP) is 4.52. The molecule has 0 aliphatic heterocycles. The Morgan fingerprint density at radius 3 is 2.35 bits per heavy atom. The molecular weight excluding hydrogens is 473 g/mol. The van der Waals surface area contributed by atoms with E-state index in [1.165, 1.54) is 21.3 Å². The minimum Gasteiger partial charge on any atom is -0.474 e. The highest BCUT2D eigenvalue weighted by Gasteiger charge is 2.29. The van der Waals surface area contributed by atoms with E-state index in [-0.39, 0.29) is 29.7 Å². The van der Waals surface area contributed by atoms with Gasteiger partial charge in [-0.15, -0.1) is 0 Å². The maximum Gasteiger partial charge on any atom is 0.332 e. The highest BCUT2D eigenvalue weighted by Crippen LogP contribution is 2.32. The fourth-order valence-corrected chi connectivity index (χ4v) is 4.93. The average molecular weight is 506 g/mol. The average Bonchev–Trinajstić information content (AvgIpc) is 3.24. The van der Waals surface area contributed by atoms with E-state index in [9.17, 15) is 14.0 Å². The van der Waals surface area contributed by atoms with Crippen molar-refractivity contribution in [2.75, 3.05) is 0 Å². The molecule has 0 saturated heterocycles. The van der Waals surface area contributed by atoms with Gasteiger partial charge in [-0.2, -0.15) is 0 Å². The van der Waals surface area contributed by atoms with Crippen molar-refractivity contribution in [3.05, 3.63) is 74.3 Å². The lowest BCUT2D eigenvalue weighted by Gasteiger charge is -2.33. The number of hydrogen-bond donors (Lipinski definition) is 0. The molecule has 1 saturated carbocycles. The molecule has 1 aliphatic carbocycles. The summed E-state index contributed by atoms with van der Waals surface area (Å²) in [6.07, 6.45) is 3.00. The van der Waals surface area contributed by atoms with Crippen LogP contribution >= 0.6 is 0 Å². The third-order valence-electron chi connectivity index (χ3n) is 7.25. The van der Waals surface area contributed by atoms with Gasteiger partial charge in [0.2, 0.25) is 5.88 Å². The quantitative estimate of drug-likeness (QED) is 0.352. The van der Waals surface area contributed by atoms with E-state index in [1.807, 2.05) is 37.5 Å². The summed E-state index contributed by atoms with van der Waals surface area (Å²) in [7, 11) is 0. The van der Waals surface area contributed by atoms with Gasteiger partial charge in [-0.3, -0.25) is 13.9 Å². The lowest BCUT2D eigenvalue weighted by molar-refractivity contribution is 0.0534. The number of nitrogens with zero attached hydrogens (tertiary/aromatic N) is 5. The number of rotatable bonds is 8. The zero-order valence-corrected chi connectivity index (χ0v) is 21.7. The summed E-state index contributed by atoms with van der Waals surface area (Å²) in [6.45, 7) is 8.82. The van der Waals surface area contributed by atoms with Gasteiger partial charge in [0, 0.05) is 31.3 Å². The van der Waals surface area contributed by atoms with Crippen molar-refractivity contribution in [3.63, 3.8) is 0 Å². The normalized spacial score (nSPS) is 17.2. The first kappa shape index (κ1) is 24.9. The fourth-order valence-electron chi connectivity index (χ4n) is 4.93. The zero-order chi connectivity index (χ0) is 26.3. The molecule has 1 aromatic carbocycles. The van der Waals surface area contributed by atoms with Crippen LogP contribution < -0.4 is 16.0 Å². The number of benzene rings is 1. The first-order valence-electron chi connectivity index (χ1n) is 12.9. The Hall–Kier alpha value is -3.75. The van der Waals surface area contributed by atoms with Crippen molar-refractivity contribution < 1.29 is 9.13 Å². The summed E-state index contributed by atoms with van der Waals surface area (Å²) in [4.78, 5) is 36.3. The Balaban J connectivity index is 1.71. The topological polar surface area (TPSA) is 83.9 Å². The number of aryl methyl sites for hydroxylation is 2. The van der Waals surface area contributed by atoms with Gasteiger partial charge >= 0.3 is 5.69 Å². The maximum atomic E-state index is 13.6. The van der Waals surface area contributed by atoms with Crippen LogP contribution in [-0.4, -0.2) is 29.8 Å². The third-order valence-corrected chi connectivity index (χ3v) is 7.25. The molecule has 0 amide bonds. The van der Waals surface area contributed by atoms with E-state index in [1.54, 1.807) is 12.1 Å². The Bertz CT molecular complexity index is 1570. The molecule has 0 N–H and O–H groups in total. The SMILES string of the molecule is CCCn1c(=O)c2c(nc(-c3ccc(OC4CCC4C)nc3C)n2Cc2ccc(F)cc2)n(CC)c1=O. The van der Waals surface area contributed by atoms with E-state index in [4.69, 9.17) is 9.72 Å². The molecule has 2 atom stereocenters. The second kappa shape index (κ2) is 9.95. The highest BCUT2D eigenvalue weighted by molar-refractivity contribution is 5.78. The molecule has 4 aromatic rings. The molecule has 194 valence electrons. The van der Waals surface area contributed by atoms with E-state index in [0.717, 1.165) is 24.0 Å². The molecular formula is C28H32FN5O3. The molecule has 1 fully saturated rings. The molecule has 5 rings (SSSR count). The lowest BCUT2D eigenvalue weighted by Crippen LogP contribution is -2.40. The van der Waals surface area contributed by atoms with Crippen molar-refractivity contribution in [2.45, 2.75) is 72.7 Å². The van der Waals surface area contributed by atoms with E-state index in [2.05, 4.69) is 11.9 Å². The summed E-state index contributed by atoms with van der Waals surface area (Å²) in [5.41, 5.74) is 2.19. The Morgan fingerprint density at radius 2 is 1.76 bits per heavy atom. The van der Waals surface area contributed by atoms with Crippen LogP contribution in [0.3, 0.4) is 0 Å². The summed E-state index contributed by atoms with van der Waals surface area (Å²) in [5, 5.41) is 0. The maximum absolute atomic E-state index is 13.6. The number of pyridine rings is 1. The van der Waals surface area contributed by atoms with E-state index in [0.29, 0.717) is 54.0 Å². The van der Waals surface area contributed by atoms with Crippen molar-refractivity contribution in [1.82, 2.24) is 23.7 Å². The molecule has 3 aromatic heterocycles. The highest BCUT2D eigenvalue weighted by atomic mass is 19.1. The van der Waals surface area contributed by atoms with Crippen molar-refractivity contribution in [1.29, 1.82) is 0 Å². The van der Waals surface area contributed by atoms with Gasteiger partial charge < -0.3 is 9.30 Å². The van der Waals surface area contributed by atoms with E-state index >= 15 is 0 Å². The molecule has 2 unspecified atom stereocenters. The molecule has 1 aliphatic rings. The first-order chi connectivity index (χ1) is 17.8. The Labute approximate surface area is 214 Å². The predicted molar refractivity (Wildman–Crippen MR) is 141 cm³/mol. The number of aromatic nitrogens is 5. The van der Waals surface area contributed by atoms with Crippen molar-refractivity contribution in [2.24, 2.45) is 5.92 Å². The lowest BCUT2D eigenvalue weighted by atomic mass is 9.84. The largest absolute Gasteiger partial charge is 0.474 e. The van der Waals surface area contributed by atoms with E-state index < -0.39 is 0 Å². The molecule has 8 nitrogen and oxygen atoms in total. The van der Waals surface area contributed by atoms with Gasteiger partial charge in [0.25, 0.3) is 5.56 Å². The van der Waals surface area contributed by atoms with Crippen LogP contribution in [0.15, 0.2) is 46.0 Å². The molecule has 0 spiro atoms. The minimum absolute atomic E-state index is 0.178. The van der Waals surface area contributed by atoms with Crippen molar-refractivity contribution >= 4 is 11.2 Å². The fraction of sp³-hybridized carbons (Fsp3) is 0.429. The summed E-state index contributed by atoms with van der Waals surface area (Å²) in [6, 6.07) is 9.90. The molecule has 3 heterocycles. The van der Waals surface area contributed by atoms with Gasteiger partial charge in [0.1, 0.15) is 17.7 Å². The van der Waals surface area contributed by atoms with Crippen LogP contribution in [0.2, 0.25) is 0 Å². The second-order valence-electron chi connectivity index (χ2n) is 9.80. The molecule has 0 bridgehead atoms. The number of ether oxygens (including phenoxy) is 1. The summed E-state index contributed by atoms with van der Waals surface area (Å²) < 4.78 is 24.3. The van der Waals surface area contributed by atoms with Crippen LogP contribution in [0.5, 0.6) is 5.88 Å². The molecule has 9 heteroatoms. The van der Waals surface area contributed by atoms with Gasteiger partial charge in [-0.05, 0) is 62.8 Å². The molecule has 37 heavy (non-hydrogen) atoms. The minimum atomic E-state index is -0.378. The Kier molecular flexibility index (Phi) is 6.70. The van der Waals surface area contributed by atoms with Crippen LogP contribution in [-0.2, 0) is 19.6 Å².